The summed E-state index contributed by atoms with van der Waals surface area (Å²) in [6, 6.07) is 10.7. The summed E-state index contributed by atoms with van der Waals surface area (Å²) in [6.07, 6.45) is 2.47. The summed E-state index contributed by atoms with van der Waals surface area (Å²) in [5, 5.41) is 0.669. The van der Waals surface area contributed by atoms with Gasteiger partial charge >= 0.3 is 0 Å². The number of nitrogens with two attached hydrogens (primary N) is 2. The van der Waals surface area contributed by atoms with Crippen LogP contribution in [-0.4, -0.2) is 11.3 Å². The van der Waals surface area contributed by atoms with Crippen LogP contribution in [0.1, 0.15) is 10.4 Å². The Morgan fingerprint density at radius 3 is 2.35 bits per heavy atom. The molecule has 0 saturated carbocycles. The molecule has 0 aliphatic carbocycles. The van der Waals surface area contributed by atoms with Crippen LogP contribution in [0.3, 0.4) is 0 Å². The van der Waals surface area contributed by atoms with E-state index < -0.39 is 0 Å². The van der Waals surface area contributed by atoms with E-state index in [9.17, 15) is 4.79 Å². The van der Waals surface area contributed by atoms with Crippen molar-refractivity contribution >= 4 is 17.9 Å². The molecule has 0 bridgehead atoms. The molecule has 2 aromatic rings. The van der Waals surface area contributed by atoms with Crippen LogP contribution in [0.25, 0.3) is 11.3 Å². The molecule has 1 aromatic carbocycles. The van der Waals surface area contributed by atoms with E-state index in [0.717, 1.165) is 11.8 Å². The highest BCUT2D eigenvalue weighted by Gasteiger charge is 2.04. The molecule has 5 heteroatoms. The number of rotatable bonds is 2. The molecule has 0 radical (unpaired) electrons. The SMILES string of the molecule is NN.O=Cc1cccnc1-c1ccc(Cl)cc1. The summed E-state index contributed by atoms with van der Waals surface area (Å²) in [6.45, 7) is 0. The second kappa shape index (κ2) is 6.75. The van der Waals surface area contributed by atoms with Crippen LogP contribution in [-0.2, 0) is 0 Å². The molecule has 4 nitrogen and oxygen atoms in total. The van der Waals surface area contributed by atoms with Crippen molar-refractivity contribution in [1.82, 2.24) is 4.98 Å². The third-order valence-corrected chi connectivity index (χ3v) is 2.34. The smallest absolute Gasteiger partial charge is 0.152 e. The standard InChI is InChI=1S/C12H8ClNO.H4N2/c13-11-5-3-9(4-6-11)12-10(8-15)2-1-7-14-12;1-2/h1-8H;1-2H2. The second-order valence-corrected chi connectivity index (χ2v) is 3.50. The number of hydrogen-bond donors (Lipinski definition) is 2. The van der Waals surface area contributed by atoms with E-state index in [1.165, 1.54) is 0 Å². The third kappa shape index (κ3) is 3.35. The van der Waals surface area contributed by atoms with Gasteiger partial charge in [0.1, 0.15) is 0 Å². The molecule has 88 valence electrons. The maximum atomic E-state index is 10.8. The molecule has 4 N–H and O–H groups in total. The van der Waals surface area contributed by atoms with Gasteiger partial charge in [-0.3, -0.25) is 21.5 Å². The summed E-state index contributed by atoms with van der Waals surface area (Å²) in [4.78, 5) is 15.0. The zero-order valence-corrected chi connectivity index (χ0v) is 9.76. The van der Waals surface area contributed by atoms with Crippen LogP contribution < -0.4 is 11.7 Å². The van der Waals surface area contributed by atoms with E-state index in [-0.39, 0.29) is 0 Å². The molecule has 1 heterocycles. The number of carbonyl (C=O) groups is 1. The Morgan fingerprint density at radius 1 is 1.12 bits per heavy atom. The van der Waals surface area contributed by atoms with Gasteiger partial charge in [0.25, 0.3) is 0 Å². The van der Waals surface area contributed by atoms with Gasteiger partial charge in [-0.1, -0.05) is 23.7 Å². The fraction of sp³-hybridized carbons (Fsp3) is 0. The third-order valence-electron chi connectivity index (χ3n) is 2.08. The number of hydrogen-bond acceptors (Lipinski definition) is 4. The van der Waals surface area contributed by atoms with E-state index in [1.54, 1.807) is 30.5 Å². The van der Waals surface area contributed by atoms with Crippen molar-refractivity contribution in [3.8, 4) is 11.3 Å². The van der Waals surface area contributed by atoms with Crippen molar-refractivity contribution in [2.45, 2.75) is 0 Å². The molecule has 0 fully saturated rings. The lowest BCUT2D eigenvalue weighted by Crippen LogP contribution is -2.02. The van der Waals surface area contributed by atoms with Gasteiger partial charge in [0.15, 0.2) is 6.29 Å². The summed E-state index contributed by atoms with van der Waals surface area (Å²) >= 11 is 5.78. The van der Waals surface area contributed by atoms with Crippen LogP contribution in [0, 0.1) is 0 Å². The molecule has 0 amide bonds. The van der Waals surface area contributed by atoms with Gasteiger partial charge in [0.05, 0.1) is 5.69 Å². The Morgan fingerprint density at radius 2 is 1.76 bits per heavy atom. The Kier molecular flexibility index (Phi) is 5.29. The van der Waals surface area contributed by atoms with Gasteiger partial charge < -0.3 is 0 Å². The highest BCUT2D eigenvalue weighted by molar-refractivity contribution is 6.30. The van der Waals surface area contributed by atoms with Crippen molar-refractivity contribution in [2.24, 2.45) is 11.7 Å². The summed E-state index contributed by atoms with van der Waals surface area (Å²) in [5.74, 6) is 8.00. The number of halogens is 1. The molecular formula is C12H12ClN3O. The maximum absolute atomic E-state index is 10.8. The normalized spacial score (nSPS) is 9.12. The number of benzene rings is 1. The Labute approximate surface area is 104 Å². The fourth-order valence-electron chi connectivity index (χ4n) is 1.36. The minimum absolute atomic E-state index is 0.583. The van der Waals surface area contributed by atoms with Gasteiger partial charge in [0, 0.05) is 22.3 Å². The topological polar surface area (TPSA) is 82.0 Å². The van der Waals surface area contributed by atoms with E-state index in [1.807, 2.05) is 12.1 Å². The van der Waals surface area contributed by atoms with Gasteiger partial charge in [0.2, 0.25) is 0 Å². The van der Waals surface area contributed by atoms with Crippen molar-refractivity contribution < 1.29 is 4.79 Å². The molecule has 0 spiro atoms. The average Bonchev–Trinajstić information content (AvgIpc) is 2.42. The number of nitrogens with zero attached hydrogens (tertiary/aromatic N) is 1. The van der Waals surface area contributed by atoms with Crippen molar-refractivity contribution in [3.05, 3.63) is 53.2 Å². The van der Waals surface area contributed by atoms with Crippen LogP contribution in [0.2, 0.25) is 5.02 Å². The van der Waals surface area contributed by atoms with Crippen LogP contribution in [0.15, 0.2) is 42.6 Å². The van der Waals surface area contributed by atoms with Crippen molar-refractivity contribution in [3.63, 3.8) is 0 Å². The van der Waals surface area contributed by atoms with Crippen LogP contribution >= 0.6 is 11.6 Å². The largest absolute Gasteiger partial charge is 0.298 e. The maximum Gasteiger partial charge on any atom is 0.152 e. The minimum atomic E-state index is 0.583. The monoisotopic (exact) mass is 249 g/mol. The van der Waals surface area contributed by atoms with Gasteiger partial charge in [-0.15, -0.1) is 0 Å². The first kappa shape index (κ1) is 13.3. The molecule has 1 aromatic heterocycles. The summed E-state index contributed by atoms with van der Waals surface area (Å²) in [5.41, 5.74) is 2.16. The van der Waals surface area contributed by atoms with E-state index in [2.05, 4.69) is 16.7 Å². The van der Waals surface area contributed by atoms with Crippen LogP contribution in [0.5, 0.6) is 0 Å². The first-order chi connectivity index (χ1) is 8.31. The van der Waals surface area contributed by atoms with Gasteiger partial charge in [-0.25, -0.2) is 0 Å². The highest BCUT2D eigenvalue weighted by atomic mass is 35.5. The molecular weight excluding hydrogens is 238 g/mol. The fourth-order valence-corrected chi connectivity index (χ4v) is 1.49. The summed E-state index contributed by atoms with van der Waals surface area (Å²) in [7, 11) is 0. The number of carbonyl (C=O) groups excluding carboxylic acids is 1. The number of pyridine rings is 1. The molecule has 0 saturated heterocycles. The van der Waals surface area contributed by atoms with E-state index in [0.29, 0.717) is 16.3 Å². The first-order valence-electron chi connectivity index (χ1n) is 4.81. The Hall–Kier alpha value is -1.75. The lowest BCUT2D eigenvalue weighted by Gasteiger charge is -2.02. The summed E-state index contributed by atoms with van der Waals surface area (Å²) < 4.78 is 0. The predicted molar refractivity (Wildman–Crippen MR) is 68.4 cm³/mol. The molecule has 17 heavy (non-hydrogen) atoms. The van der Waals surface area contributed by atoms with Gasteiger partial charge in [-0.2, -0.15) is 0 Å². The van der Waals surface area contributed by atoms with E-state index >= 15 is 0 Å². The molecule has 2 rings (SSSR count). The zero-order valence-electron chi connectivity index (χ0n) is 9.01. The molecule has 0 unspecified atom stereocenters. The second-order valence-electron chi connectivity index (χ2n) is 3.07. The molecule has 0 aliphatic rings. The molecule has 0 aliphatic heterocycles. The Balaban J connectivity index is 0.000000686. The number of aromatic nitrogens is 1. The van der Waals surface area contributed by atoms with Gasteiger partial charge in [-0.05, 0) is 24.3 Å². The minimum Gasteiger partial charge on any atom is -0.298 e. The number of hydrazine groups is 1. The highest BCUT2D eigenvalue weighted by Crippen LogP contribution is 2.21. The zero-order chi connectivity index (χ0) is 12.7. The Bertz CT molecular complexity index is 485. The number of aldehydes is 1. The first-order valence-corrected chi connectivity index (χ1v) is 5.18. The van der Waals surface area contributed by atoms with E-state index in [4.69, 9.17) is 11.6 Å². The predicted octanol–water partition coefficient (Wildman–Crippen LogP) is 2.03. The van der Waals surface area contributed by atoms with Crippen molar-refractivity contribution in [2.75, 3.05) is 0 Å². The molecule has 0 atom stereocenters. The lowest BCUT2D eigenvalue weighted by molar-refractivity contribution is 0.112. The quantitative estimate of drug-likeness (QED) is 0.485. The average molecular weight is 250 g/mol. The van der Waals surface area contributed by atoms with Crippen LogP contribution in [0.4, 0.5) is 0 Å². The lowest BCUT2D eigenvalue weighted by atomic mass is 10.1. The van der Waals surface area contributed by atoms with Crippen molar-refractivity contribution in [1.29, 1.82) is 0 Å².